The molecule has 1 fully saturated rings. The van der Waals surface area contributed by atoms with Crippen LogP contribution in [-0.4, -0.2) is 38.0 Å². The number of fused-ring (bicyclic) bond motifs is 1. The number of aryl methyl sites for hydroxylation is 2. The van der Waals surface area contributed by atoms with E-state index in [9.17, 15) is 9.59 Å². The Morgan fingerprint density at radius 3 is 2.59 bits per heavy atom. The number of aromatic nitrogens is 3. The van der Waals surface area contributed by atoms with E-state index in [0.29, 0.717) is 6.42 Å². The summed E-state index contributed by atoms with van der Waals surface area (Å²) in [4.78, 5) is 25.5. The van der Waals surface area contributed by atoms with E-state index in [0.717, 1.165) is 53.5 Å². The normalized spacial score (nSPS) is 19.0. The molecule has 2 aromatic rings. The minimum absolute atomic E-state index is 0.00926. The van der Waals surface area contributed by atoms with Gasteiger partial charge in [0.15, 0.2) is 0 Å². The quantitative estimate of drug-likeness (QED) is 0.642. The maximum atomic E-state index is 13.2. The van der Waals surface area contributed by atoms with Crippen LogP contribution in [0.5, 0.6) is 0 Å². The number of hydrogen-bond donors (Lipinski definition) is 1. The van der Waals surface area contributed by atoms with Crippen molar-refractivity contribution < 1.29 is 14.3 Å². The summed E-state index contributed by atoms with van der Waals surface area (Å²) in [5.41, 5.74) is 4.33. The van der Waals surface area contributed by atoms with Gasteiger partial charge in [0.2, 0.25) is 0 Å². The van der Waals surface area contributed by atoms with E-state index in [2.05, 4.69) is 28.8 Å². The molecule has 186 valence electrons. The van der Waals surface area contributed by atoms with Gasteiger partial charge >= 0.3 is 6.09 Å². The van der Waals surface area contributed by atoms with Gasteiger partial charge in [-0.25, -0.2) is 4.79 Å². The summed E-state index contributed by atoms with van der Waals surface area (Å²) in [6.07, 6.45) is 11.5. The molecule has 34 heavy (non-hydrogen) atoms. The van der Waals surface area contributed by atoms with Crippen LogP contribution in [0.2, 0.25) is 0 Å². The minimum atomic E-state index is -0.567. The van der Waals surface area contributed by atoms with Crippen LogP contribution in [0.25, 0.3) is 0 Å². The van der Waals surface area contributed by atoms with Gasteiger partial charge in [-0.15, -0.1) is 0 Å². The fourth-order valence-electron chi connectivity index (χ4n) is 5.46. The largest absolute Gasteiger partial charge is 0.442 e. The topological polar surface area (TPSA) is 78.2 Å². The molecular weight excluding hydrogens is 428 g/mol. The molecule has 2 aliphatic carbocycles. The van der Waals surface area contributed by atoms with Gasteiger partial charge in [-0.3, -0.25) is 4.79 Å². The van der Waals surface area contributed by atoms with Crippen LogP contribution in [0.3, 0.4) is 0 Å². The van der Waals surface area contributed by atoms with Crippen molar-refractivity contribution in [3.63, 3.8) is 0 Å². The summed E-state index contributed by atoms with van der Waals surface area (Å²) in [7, 11) is 0. The SMILES string of the molecule is Cc1cc(C(=O)NC2CCc3nn(C(=O)OC(C)(C)C)cc3C2)c(C)n1CCC1CCCCC1. The highest BCUT2D eigenvalue weighted by molar-refractivity contribution is 5.96. The lowest BCUT2D eigenvalue weighted by molar-refractivity contribution is 0.0513. The maximum absolute atomic E-state index is 13.2. The average Bonchev–Trinajstić information content (AvgIpc) is 3.32. The molecule has 7 nitrogen and oxygen atoms in total. The monoisotopic (exact) mass is 468 g/mol. The average molecular weight is 469 g/mol. The highest BCUT2D eigenvalue weighted by atomic mass is 16.6. The van der Waals surface area contributed by atoms with E-state index < -0.39 is 11.7 Å². The first-order valence-electron chi connectivity index (χ1n) is 12.9. The summed E-state index contributed by atoms with van der Waals surface area (Å²) in [5.74, 6) is 0.815. The molecule has 0 radical (unpaired) electrons. The molecular formula is C27H40N4O3. The Hall–Kier alpha value is -2.57. The van der Waals surface area contributed by atoms with Crippen molar-refractivity contribution in [2.45, 2.75) is 111 Å². The lowest BCUT2D eigenvalue weighted by Crippen LogP contribution is -2.38. The van der Waals surface area contributed by atoms with Crippen LogP contribution in [0.1, 0.15) is 98.7 Å². The third-order valence-electron chi connectivity index (χ3n) is 7.29. The van der Waals surface area contributed by atoms with Gasteiger partial charge in [-0.1, -0.05) is 32.1 Å². The van der Waals surface area contributed by atoms with Gasteiger partial charge in [0.05, 0.1) is 11.3 Å². The Morgan fingerprint density at radius 2 is 1.88 bits per heavy atom. The molecule has 1 amide bonds. The van der Waals surface area contributed by atoms with E-state index in [4.69, 9.17) is 4.74 Å². The summed E-state index contributed by atoms with van der Waals surface area (Å²) in [6.45, 7) is 10.7. The van der Waals surface area contributed by atoms with Crippen LogP contribution in [-0.2, 0) is 24.1 Å². The van der Waals surface area contributed by atoms with Crippen LogP contribution < -0.4 is 5.32 Å². The molecule has 1 N–H and O–H groups in total. The fraction of sp³-hybridized carbons (Fsp3) is 0.667. The van der Waals surface area contributed by atoms with Crippen molar-refractivity contribution >= 4 is 12.0 Å². The zero-order valence-electron chi connectivity index (χ0n) is 21.4. The zero-order valence-corrected chi connectivity index (χ0v) is 21.4. The van der Waals surface area contributed by atoms with Gasteiger partial charge in [0, 0.05) is 30.2 Å². The molecule has 1 atom stereocenters. The third-order valence-corrected chi connectivity index (χ3v) is 7.29. The van der Waals surface area contributed by atoms with Crippen molar-refractivity contribution in [2.75, 3.05) is 0 Å². The molecule has 2 aromatic heterocycles. The molecule has 0 aromatic carbocycles. The van der Waals surface area contributed by atoms with Crippen molar-refractivity contribution in [1.29, 1.82) is 0 Å². The Balaban J connectivity index is 1.37. The lowest BCUT2D eigenvalue weighted by Gasteiger charge is -2.23. The molecule has 0 saturated heterocycles. The van der Waals surface area contributed by atoms with E-state index in [1.54, 1.807) is 6.20 Å². The number of amides is 1. The van der Waals surface area contributed by atoms with Gasteiger partial charge in [0.1, 0.15) is 5.60 Å². The molecule has 0 spiro atoms. The summed E-state index contributed by atoms with van der Waals surface area (Å²) in [5, 5.41) is 7.65. The predicted octanol–water partition coefficient (Wildman–Crippen LogP) is 5.34. The van der Waals surface area contributed by atoms with Crippen molar-refractivity contribution in [2.24, 2.45) is 5.92 Å². The molecule has 0 bridgehead atoms. The van der Waals surface area contributed by atoms with E-state index >= 15 is 0 Å². The predicted molar refractivity (Wildman–Crippen MR) is 132 cm³/mol. The smallest absolute Gasteiger partial charge is 0.435 e. The summed E-state index contributed by atoms with van der Waals surface area (Å²) >= 11 is 0. The first kappa shape index (κ1) is 24.6. The van der Waals surface area contributed by atoms with E-state index in [1.807, 2.05) is 26.8 Å². The Bertz CT molecular complexity index is 1040. The highest BCUT2D eigenvalue weighted by Gasteiger charge is 2.27. The van der Waals surface area contributed by atoms with Crippen molar-refractivity contribution in [1.82, 2.24) is 19.7 Å². The number of carbonyl (C=O) groups excluding carboxylic acids is 2. The van der Waals surface area contributed by atoms with Crippen LogP contribution in [0.4, 0.5) is 4.79 Å². The van der Waals surface area contributed by atoms with E-state index in [-0.39, 0.29) is 11.9 Å². The van der Waals surface area contributed by atoms with Crippen molar-refractivity contribution in [3.8, 4) is 0 Å². The van der Waals surface area contributed by atoms with E-state index in [1.165, 1.54) is 43.2 Å². The molecule has 1 saturated carbocycles. The lowest BCUT2D eigenvalue weighted by atomic mass is 9.87. The Morgan fingerprint density at radius 1 is 1.15 bits per heavy atom. The third kappa shape index (κ3) is 5.73. The van der Waals surface area contributed by atoms with Crippen LogP contribution >= 0.6 is 0 Å². The molecule has 7 heteroatoms. The van der Waals surface area contributed by atoms with Gasteiger partial charge in [0.25, 0.3) is 5.91 Å². The van der Waals surface area contributed by atoms with Crippen LogP contribution in [0, 0.1) is 19.8 Å². The van der Waals surface area contributed by atoms with Crippen molar-refractivity contribution in [3.05, 3.63) is 40.5 Å². The number of rotatable bonds is 5. The number of nitrogens with one attached hydrogen (secondary N) is 1. The number of ether oxygens (including phenoxy) is 1. The molecule has 2 aliphatic rings. The molecule has 4 rings (SSSR count). The van der Waals surface area contributed by atoms with Gasteiger partial charge in [-0.2, -0.15) is 9.78 Å². The second-order valence-electron chi connectivity index (χ2n) is 11.2. The Labute approximate surface area is 203 Å². The first-order chi connectivity index (χ1) is 16.1. The number of nitrogens with zero attached hydrogens (tertiary/aromatic N) is 3. The fourth-order valence-corrected chi connectivity index (χ4v) is 5.46. The highest BCUT2D eigenvalue weighted by Crippen LogP contribution is 2.28. The summed E-state index contributed by atoms with van der Waals surface area (Å²) < 4.78 is 9.03. The zero-order chi connectivity index (χ0) is 24.5. The molecule has 0 aliphatic heterocycles. The number of carbonyl (C=O) groups is 2. The standard InChI is InChI=1S/C27H40N4O3/c1-18-15-23(19(2)30(18)14-13-20-9-7-6-8-10-20)25(32)28-22-11-12-24-21(16-22)17-31(29-24)26(33)34-27(3,4)5/h15,17,20,22H,6-14,16H2,1-5H3,(H,28,32). The molecule has 1 unspecified atom stereocenters. The number of hydrogen-bond acceptors (Lipinski definition) is 4. The second-order valence-corrected chi connectivity index (χ2v) is 11.2. The van der Waals surface area contributed by atoms with Gasteiger partial charge < -0.3 is 14.6 Å². The van der Waals surface area contributed by atoms with Gasteiger partial charge in [-0.05, 0) is 77.8 Å². The maximum Gasteiger partial charge on any atom is 0.435 e. The first-order valence-corrected chi connectivity index (χ1v) is 12.9. The Kier molecular flexibility index (Phi) is 7.20. The summed E-state index contributed by atoms with van der Waals surface area (Å²) in [6, 6.07) is 2.06. The minimum Gasteiger partial charge on any atom is -0.442 e. The molecule has 2 heterocycles. The second kappa shape index (κ2) is 9.96. The van der Waals surface area contributed by atoms with Crippen LogP contribution in [0.15, 0.2) is 12.3 Å².